The highest BCUT2D eigenvalue weighted by Crippen LogP contribution is 2.20. The minimum atomic E-state index is -1.43. The minimum Gasteiger partial charge on any atom is -0.477 e. The molecule has 0 unspecified atom stereocenters. The van der Waals surface area contributed by atoms with Crippen molar-refractivity contribution in [2.75, 3.05) is 5.73 Å². The van der Waals surface area contributed by atoms with Crippen LogP contribution in [0.3, 0.4) is 0 Å². The largest absolute Gasteiger partial charge is 0.477 e. The first-order valence-corrected chi connectivity index (χ1v) is 3.82. The third-order valence-corrected chi connectivity index (χ3v) is 1.86. The number of aliphatic carboxylic acids is 1. The van der Waals surface area contributed by atoms with Gasteiger partial charge in [0.05, 0.1) is 5.69 Å². The van der Waals surface area contributed by atoms with Gasteiger partial charge in [-0.3, -0.25) is 5.41 Å². The second-order valence-corrected chi connectivity index (χ2v) is 2.83. The van der Waals surface area contributed by atoms with Crippen LogP contribution in [0.4, 0.5) is 10.1 Å². The monoisotopic (exact) mass is 196 g/mol. The Labute approximate surface area is 79.7 Å². The number of nitrogen functional groups attached to an aromatic ring is 1. The minimum absolute atomic E-state index is 0.0579. The average molecular weight is 196 g/mol. The Morgan fingerprint density at radius 3 is 2.64 bits per heavy atom. The number of carboxylic acid groups (broad SMARTS) is 1. The first kappa shape index (κ1) is 10.2. The van der Waals surface area contributed by atoms with Crippen LogP contribution in [-0.4, -0.2) is 16.8 Å². The molecule has 0 radical (unpaired) electrons. The van der Waals surface area contributed by atoms with E-state index < -0.39 is 17.5 Å². The van der Waals surface area contributed by atoms with Crippen molar-refractivity contribution in [2.45, 2.75) is 6.92 Å². The topological polar surface area (TPSA) is 87.2 Å². The van der Waals surface area contributed by atoms with Crippen LogP contribution in [0.1, 0.15) is 11.1 Å². The zero-order chi connectivity index (χ0) is 10.9. The number of benzene rings is 1. The molecule has 74 valence electrons. The Bertz CT molecular complexity index is 416. The van der Waals surface area contributed by atoms with Gasteiger partial charge in [-0.15, -0.1) is 0 Å². The molecule has 0 amide bonds. The number of hydrogen-bond acceptors (Lipinski definition) is 3. The molecule has 0 heterocycles. The Balaban J connectivity index is 3.40. The summed E-state index contributed by atoms with van der Waals surface area (Å²) in [6, 6.07) is 2.53. The van der Waals surface area contributed by atoms with Crippen molar-refractivity contribution in [1.29, 1.82) is 5.41 Å². The Morgan fingerprint density at radius 2 is 2.14 bits per heavy atom. The van der Waals surface area contributed by atoms with Crippen LogP contribution in [0.2, 0.25) is 0 Å². The predicted molar refractivity (Wildman–Crippen MR) is 50.0 cm³/mol. The molecule has 0 aromatic heterocycles. The van der Waals surface area contributed by atoms with E-state index in [0.29, 0.717) is 5.56 Å². The second kappa shape index (κ2) is 3.45. The lowest BCUT2D eigenvalue weighted by Crippen LogP contribution is -2.17. The summed E-state index contributed by atoms with van der Waals surface area (Å²) in [4.78, 5) is 10.5. The molecule has 1 rings (SSSR count). The summed E-state index contributed by atoms with van der Waals surface area (Å²) < 4.78 is 13.0. The number of hydrogen-bond donors (Lipinski definition) is 3. The van der Waals surface area contributed by atoms with Gasteiger partial charge in [0, 0.05) is 5.56 Å². The lowest BCUT2D eigenvalue weighted by Gasteiger charge is -2.08. The van der Waals surface area contributed by atoms with E-state index in [0.717, 1.165) is 6.07 Å². The first-order chi connectivity index (χ1) is 6.45. The van der Waals surface area contributed by atoms with Crippen LogP contribution in [0, 0.1) is 18.2 Å². The molecule has 0 aliphatic heterocycles. The third kappa shape index (κ3) is 1.56. The summed E-state index contributed by atoms with van der Waals surface area (Å²) in [5.74, 6) is -2.14. The third-order valence-electron chi connectivity index (χ3n) is 1.86. The van der Waals surface area contributed by atoms with Gasteiger partial charge in [0.1, 0.15) is 11.5 Å². The number of rotatable bonds is 2. The van der Waals surface area contributed by atoms with Gasteiger partial charge < -0.3 is 10.8 Å². The lowest BCUT2D eigenvalue weighted by molar-refractivity contribution is -0.129. The van der Waals surface area contributed by atoms with Gasteiger partial charge in [0.15, 0.2) is 0 Å². The van der Waals surface area contributed by atoms with Crippen LogP contribution < -0.4 is 5.73 Å². The summed E-state index contributed by atoms with van der Waals surface area (Å²) in [5.41, 5.74) is 4.76. The van der Waals surface area contributed by atoms with Crippen molar-refractivity contribution in [1.82, 2.24) is 0 Å². The Hall–Kier alpha value is -1.91. The summed E-state index contributed by atoms with van der Waals surface area (Å²) in [5, 5.41) is 15.8. The Morgan fingerprint density at radius 1 is 1.57 bits per heavy atom. The summed E-state index contributed by atoms with van der Waals surface area (Å²) >= 11 is 0. The lowest BCUT2D eigenvalue weighted by atomic mass is 10.0. The zero-order valence-corrected chi connectivity index (χ0v) is 7.47. The van der Waals surface area contributed by atoms with Crippen molar-refractivity contribution in [3.8, 4) is 0 Å². The van der Waals surface area contributed by atoms with Crippen LogP contribution in [-0.2, 0) is 4.79 Å². The van der Waals surface area contributed by atoms with Crippen molar-refractivity contribution >= 4 is 17.4 Å². The maximum Gasteiger partial charge on any atom is 0.354 e. The van der Waals surface area contributed by atoms with Crippen molar-refractivity contribution in [2.24, 2.45) is 0 Å². The molecule has 0 spiro atoms. The smallest absolute Gasteiger partial charge is 0.354 e. The van der Waals surface area contributed by atoms with E-state index in [1.54, 1.807) is 6.92 Å². The number of halogens is 1. The van der Waals surface area contributed by atoms with Crippen LogP contribution in [0.15, 0.2) is 12.1 Å². The number of carbonyl (C=O) groups is 1. The van der Waals surface area contributed by atoms with Gasteiger partial charge in [-0.2, -0.15) is 0 Å². The molecular weight excluding hydrogens is 187 g/mol. The number of aryl methyl sites for hydroxylation is 1. The normalized spacial score (nSPS) is 9.86. The zero-order valence-electron chi connectivity index (χ0n) is 7.47. The van der Waals surface area contributed by atoms with E-state index in [1.165, 1.54) is 6.07 Å². The molecule has 0 saturated carbocycles. The maximum absolute atomic E-state index is 13.0. The number of nitrogens with two attached hydrogens (primary N) is 1. The molecule has 0 atom stereocenters. The summed E-state index contributed by atoms with van der Waals surface area (Å²) in [6.45, 7) is 1.57. The highest BCUT2D eigenvalue weighted by atomic mass is 19.1. The van der Waals surface area contributed by atoms with E-state index in [-0.39, 0.29) is 11.3 Å². The van der Waals surface area contributed by atoms with Gasteiger partial charge in [-0.05, 0) is 18.6 Å². The molecule has 0 aliphatic carbocycles. The standard InChI is InChI=1S/C9H9FN2O2/c1-4-2-3-5(10)7(11)6(4)8(12)9(13)14/h2-3,12H,11H2,1H3,(H,13,14). The van der Waals surface area contributed by atoms with Crippen molar-refractivity contribution in [3.63, 3.8) is 0 Å². The molecule has 0 fully saturated rings. The van der Waals surface area contributed by atoms with Crippen LogP contribution in [0.5, 0.6) is 0 Å². The fraction of sp³-hybridized carbons (Fsp3) is 0.111. The van der Waals surface area contributed by atoms with Crippen molar-refractivity contribution in [3.05, 3.63) is 29.1 Å². The van der Waals surface area contributed by atoms with Crippen LogP contribution in [0.25, 0.3) is 0 Å². The Kier molecular flexibility index (Phi) is 2.51. The maximum atomic E-state index is 13.0. The highest BCUT2D eigenvalue weighted by Gasteiger charge is 2.17. The quantitative estimate of drug-likeness (QED) is 0.490. The fourth-order valence-electron chi connectivity index (χ4n) is 1.14. The van der Waals surface area contributed by atoms with Gasteiger partial charge in [0.25, 0.3) is 0 Å². The molecular formula is C9H9FN2O2. The first-order valence-electron chi connectivity index (χ1n) is 3.82. The van der Waals surface area contributed by atoms with Crippen LogP contribution >= 0.6 is 0 Å². The number of carboxylic acids is 1. The molecule has 5 heteroatoms. The summed E-state index contributed by atoms with van der Waals surface area (Å²) in [6.07, 6.45) is 0. The van der Waals surface area contributed by atoms with Gasteiger partial charge >= 0.3 is 5.97 Å². The van der Waals surface area contributed by atoms with Gasteiger partial charge in [-0.25, -0.2) is 9.18 Å². The van der Waals surface area contributed by atoms with E-state index >= 15 is 0 Å². The van der Waals surface area contributed by atoms with E-state index in [4.69, 9.17) is 16.2 Å². The second-order valence-electron chi connectivity index (χ2n) is 2.83. The fourth-order valence-corrected chi connectivity index (χ4v) is 1.14. The van der Waals surface area contributed by atoms with Crippen molar-refractivity contribution < 1.29 is 14.3 Å². The highest BCUT2D eigenvalue weighted by molar-refractivity contribution is 6.42. The van der Waals surface area contributed by atoms with Gasteiger partial charge in [-0.1, -0.05) is 6.07 Å². The summed E-state index contributed by atoms with van der Waals surface area (Å²) in [7, 11) is 0. The molecule has 4 nitrogen and oxygen atoms in total. The molecule has 0 saturated heterocycles. The number of anilines is 1. The molecule has 1 aromatic carbocycles. The molecule has 1 aromatic rings. The molecule has 0 aliphatic rings. The van der Waals surface area contributed by atoms with E-state index in [1.807, 2.05) is 0 Å². The van der Waals surface area contributed by atoms with E-state index in [9.17, 15) is 9.18 Å². The van der Waals surface area contributed by atoms with E-state index in [2.05, 4.69) is 0 Å². The molecule has 14 heavy (non-hydrogen) atoms. The average Bonchev–Trinajstić information content (AvgIpc) is 2.12. The van der Waals surface area contributed by atoms with Gasteiger partial charge in [0.2, 0.25) is 0 Å². The molecule has 0 bridgehead atoms. The number of nitrogens with one attached hydrogen (secondary N) is 1. The molecule has 4 N–H and O–H groups in total. The predicted octanol–water partition coefficient (Wildman–Crippen LogP) is 1.17. The SMILES string of the molecule is Cc1ccc(F)c(N)c1C(=N)C(=O)O.